The molecule has 0 aromatic rings. The first-order valence-corrected chi connectivity index (χ1v) is 8.15. The molecule has 0 saturated heterocycles. The van der Waals surface area contributed by atoms with Crippen molar-refractivity contribution in [2.45, 2.75) is 72.1 Å². The van der Waals surface area contributed by atoms with Gasteiger partial charge in [0.25, 0.3) is 0 Å². The number of hydrogen-bond acceptors (Lipinski definition) is 3. The van der Waals surface area contributed by atoms with Crippen LogP contribution in [-0.2, 0) is 9.47 Å². The van der Waals surface area contributed by atoms with Gasteiger partial charge in [-0.1, -0.05) is 26.7 Å². The van der Waals surface area contributed by atoms with Crippen molar-refractivity contribution < 1.29 is 9.47 Å². The summed E-state index contributed by atoms with van der Waals surface area (Å²) in [6, 6.07) is 0.692. The van der Waals surface area contributed by atoms with Crippen molar-refractivity contribution in [3.8, 4) is 0 Å². The van der Waals surface area contributed by atoms with Crippen LogP contribution < -0.4 is 5.32 Å². The van der Waals surface area contributed by atoms with E-state index in [2.05, 4.69) is 19.2 Å². The summed E-state index contributed by atoms with van der Waals surface area (Å²) in [4.78, 5) is 0. The van der Waals surface area contributed by atoms with Crippen LogP contribution in [-0.4, -0.2) is 32.1 Å². The summed E-state index contributed by atoms with van der Waals surface area (Å²) >= 11 is 0. The van der Waals surface area contributed by atoms with Crippen LogP contribution in [0.15, 0.2) is 0 Å². The van der Waals surface area contributed by atoms with Gasteiger partial charge in [0.05, 0.1) is 0 Å². The van der Waals surface area contributed by atoms with Gasteiger partial charge in [0, 0.05) is 32.2 Å². The Bertz CT molecular complexity index is 215. The minimum absolute atomic E-state index is 0.0383. The van der Waals surface area contributed by atoms with Gasteiger partial charge in [0.2, 0.25) is 0 Å². The van der Waals surface area contributed by atoms with E-state index in [4.69, 9.17) is 9.47 Å². The molecule has 2 unspecified atom stereocenters. The number of hydrogen-bond donors (Lipinski definition) is 1. The quantitative estimate of drug-likeness (QED) is 0.650. The molecule has 19 heavy (non-hydrogen) atoms. The van der Waals surface area contributed by atoms with E-state index in [0.717, 1.165) is 38.0 Å². The molecule has 1 fully saturated rings. The molecule has 1 saturated carbocycles. The maximum absolute atomic E-state index is 5.58. The van der Waals surface area contributed by atoms with Crippen molar-refractivity contribution in [1.29, 1.82) is 0 Å². The Kier molecular flexibility index (Phi) is 8.67. The van der Waals surface area contributed by atoms with Crippen LogP contribution in [0.4, 0.5) is 0 Å². The van der Waals surface area contributed by atoms with Gasteiger partial charge in [-0.2, -0.15) is 0 Å². The highest BCUT2D eigenvalue weighted by Crippen LogP contribution is 2.30. The Balaban J connectivity index is 2.28. The summed E-state index contributed by atoms with van der Waals surface area (Å²) in [5, 5.41) is 3.74. The van der Waals surface area contributed by atoms with E-state index < -0.39 is 0 Å². The van der Waals surface area contributed by atoms with Crippen LogP contribution in [0.3, 0.4) is 0 Å². The third-order valence-corrected chi connectivity index (χ3v) is 4.17. The fourth-order valence-corrected chi connectivity index (χ4v) is 3.18. The third kappa shape index (κ3) is 6.24. The zero-order valence-corrected chi connectivity index (χ0v) is 13.3. The molecule has 1 aliphatic rings. The summed E-state index contributed by atoms with van der Waals surface area (Å²) in [5.74, 6) is 1.62. The van der Waals surface area contributed by atoms with Crippen LogP contribution in [0.25, 0.3) is 0 Å². The van der Waals surface area contributed by atoms with Crippen molar-refractivity contribution in [1.82, 2.24) is 5.32 Å². The predicted octanol–water partition coefficient (Wildman–Crippen LogP) is 3.58. The van der Waals surface area contributed by atoms with E-state index in [1.54, 1.807) is 0 Å². The first-order valence-electron chi connectivity index (χ1n) is 8.15. The van der Waals surface area contributed by atoms with Gasteiger partial charge in [0.15, 0.2) is 6.29 Å². The van der Waals surface area contributed by atoms with Crippen molar-refractivity contribution in [3.63, 3.8) is 0 Å². The Hall–Kier alpha value is -0.120. The summed E-state index contributed by atoms with van der Waals surface area (Å²) in [6.45, 7) is 11.2. The molecular weight excluding hydrogens is 238 g/mol. The number of nitrogens with one attached hydrogen (secondary N) is 1. The monoisotopic (exact) mass is 271 g/mol. The third-order valence-electron chi connectivity index (χ3n) is 4.17. The van der Waals surface area contributed by atoms with Crippen molar-refractivity contribution in [2.75, 3.05) is 19.8 Å². The molecule has 3 nitrogen and oxygen atoms in total. The van der Waals surface area contributed by atoms with Gasteiger partial charge in [-0.3, -0.25) is 0 Å². The molecule has 1 aliphatic carbocycles. The highest BCUT2D eigenvalue weighted by Gasteiger charge is 2.27. The molecule has 2 atom stereocenters. The second kappa shape index (κ2) is 9.73. The molecule has 3 heteroatoms. The predicted molar refractivity (Wildman–Crippen MR) is 80.2 cm³/mol. The van der Waals surface area contributed by atoms with Gasteiger partial charge in [-0.05, 0) is 38.5 Å². The van der Waals surface area contributed by atoms with Crippen LogP contribution in [0.5, 0.6) is 0 Å². The summed E-state index contributed by atoms with van der Waals surface area (Å²) in [5.41, 5.74) is 0. The first kappa shape index (κ1) is 16.9. The van der Waals surface area contributed by atoms with E-state index >= 15 is 0 Å². The van der Waals surface area contributed by atoms with Gasteiger partial charge < -0.3 is 14.8 Å². The second-order valence-electron chi connectivity index (χ2n) is 5.88. The molecule has 114 valence electrons. The maximum Gasteiger partial charge on any atom is 0.158 e. The summed E-state index contributed by atoms with van der Waals surface area (Å²) < 4.78 is 11.2. The second-order valence-corrected chi connectivity index (χ2v) is 5.88. The standard InChI is InChI=1S/C16H33NO2/c1-5-18-16(19-6-2)11-12-17-15-10-8-7-9-14(15)13(3)4/h13-17H,5-12H2,1-4H3. The Morgan fingerprint density at radius 2 is 1.68 bits per heavy atom. The zero-order chi connectivity index (χ0) is 14.1. The highest BCUT2D eigenvalue weighted by molar-refractivity contribution is 4.82. The number of ether oxygens (including phenoxy) is 2. The lowest BCUT2D eigenvalue weighted by Gasteiger charge is -2.35. The van der Waals surface area contributed by atoms with E-state index in [0.29, 0.717) is 6.04 Å². The minimum atomic E-state index is -0.0383. The van der Waals surface area contributed by atoms with E-state index in [-0.39, 0.29) is 6.29 Å². The normalized spacial score (nSPS) is 24.3. The molecule has 0 heterocycles. The molecule has 1 rings (SSSR count). The Morgan fingerprint density at radius 3 is 2.26 bits per heavy atom. The van der Waals surface area contributed by atoms with Crippen molar-refractivity contribution in [3.05, 3.63) is 0 Å². The fraction of sp³-hybridized carbons (Fsp3) is 1.00. The van der Waals surface area contributed by atoms with Crippen LogP contribution in [0.1, 0.15) is 59.8 Å². The van der Waals surface area contributed by atoms with Crippen LogP contribution >= 0.6 is 0 Å². The van der Waals surface area contributed by atoms with Gasteiger partial charge in [-0.25, -0.2) is 0 Å². The lowest BCUT2D eigenvalue weighted by molar-refractivity contribution is -0.139. The number of rotatable bonds is 9. The van der Waals surface area contributed by atoms with Gasteiger partial charge in [-0.15, -0.1) is 0 Å². The molecular formula is C16H33NO2. The lowest BCUT2D eigenvalue weighted by atomic mass is 9.78. The zero-order valence-electron chi connectivity index (χ0n) is 13.3. The van der Waals surface area contributed by atoms with Crippen molar-refractivity contribution in [2.24, 2.45) is 11.8 Å². The average Bonchev–Trinajstić information content (AvgIpc) is 2.39. The topological polar surface area (TPSA) is 30.5 Å². The SMILES string of the molecule is CCOC(CCNC1CCCCC1C(C)C)OCC. The summed E-state index contributed by atoms with van der Waals surface area (Å²) in [7, 11) is 0. The Labute approximate surface area is 119 Å². The molecule has 0 aliphatic heterocycles. The fourth-order valence-electron chi connectivity index (χ4n) is 3.18. The molecule has 0 radical (unpaired) electrons. The van der Waals surface area contributed by atoms with E-state index in [1.165, 1.54) is 25.7 Å². The Morgan fingerprint density at radius 1 is 1.05 bits per heavy atom. The molecule has 0 amide bonds. The van der Waals surface area contributed by atoms with E-state index in [1.807, 2.05) is 13.8 Å². The van der Waals surface area contributed by atoms with Crippen LogP contribution in [0, 0.1) is 11.8 Å². The summed E-state index contributed by atoms with van der Waals surface area (Å²) in [6.07, 6.45) is 6.40. The lowest BCUT2D eigenvalue weighted by Crippen LogP contribution is -2.42. The minimum Gasteiger partial charge on any atom is -0.353 e. The first-order chi connectivity index (χ1) is 9.19. The van der Waals surface area contributed by atoms with Gasteiger partial charge in [0.1, 0.15) is 0 Å². The highest BCUT2D eigenvalue weighted by atomic mass is 16.7. The molecule has 0 aromatic carbocycles. The molecule has 0 bridgehead atoms. The molecule has 0 spiro atoms. The largest absolute Gasteiger partial charge is 0.353 e. The molecule has 1 N–H and O–H groups in total. The van der Waals surface area contributed by atoms with Crippen LogP contribution in [0.2, 0.25) is 0 Å². The average molecular weight is 271 g/mol. The smallest absolute Gasteiger partial charge is 0.158 e. The molecule has 0 aromatic heterocycles. The van der Waals surface area contributed by atoms with Crippen molar-refractivity contribution >= 4 is 0 Å². The van der Waals surface area contributed by atoms with Gasteiger partial charge >= 0.3 is 0 Å². The maximum atomic E-state index is 5.58. The van der Waals surface area contributed by atoms with E-state index in [9.17, 15) is 0 Å².